The molecular formula is C22H18ClNO4. The van der Waals surface area contributed by atoms with Crippen molar-refractivity contribution in [2.24, 2.45) is 11.8 Å². The third kappa shape index (κ3) is 2.65. The first-order valence-electron chi connectivity index (χ1n) is 9.22. The van der Waals surface area contributed by atoms with Crippen LogP contribution in [0.1, 0.15) is 5.56 Å². The van der Waals surface area contributed by atoms with Gasteiger partial charge in [-0.25, -0.2) is 0 Å². The summed E-state index contributed by atoms with van der Waals surface area (Å²) in [6.07, 6.45) is 3.39. The average molecular weight is 396 g/mol. The van der Waals surface area contributed by atoms with Crippen molar-refractivity contribution in [3.8, 4) is 0 Å². The molecule has 28 heavy (non-hydrogen) atoms. The summed E-state index contributed by atoms with van der Waals surface area (Å²) in [5, 5.41) is 0.605. The molecule has 0 unspecified atom stereocenters. The van der Waals surface area contributed by atoms with Crippen molar-refractivity contribution in [2.75, 3.05) is 11.4 Å². The zero-order chi connectivity index (χ0) is 19.3. The van der Waals surface area contributed by atoms with Crippen molar-refractivity contribution < 1.29 is 19.1 Å². The van der Waals surface area contributed by atoms with E-state index in [1.807, 2.05) is 42.5 Å². The maximum absolute atomic E-state index is 13.2. The number of amides is 1. The fraction of sp³-hybridized carbons (Fsp3) is 0.273. The van der Waals surface area contributed by atoms with Gasteiger partial charge in [-0.05, 0) is 29.8 Å². The fourth-order valence-electron chi connectivity index (χ4n) is 4.43. The molecule has 0 saturated carbocycles. The highest BCUT2D eigenvalue weighted by Gasteiger charge is 2.67. The third-order valence-electron chi connectivity index (χ3n) is 5.73. The van der Waals surface area contributed by atoms with Crippen LogP contribution >= 0.6 is 11.6 Å². The molecule has 3 aliphatic rings. The highest BCUT2D eigenvalue weighted by Crippen LogP contribution is 2.53. The molecule has 0 aromatic heterocycles. The number of esters is 1. The summed E-state index contributed by atoms with van der Waals surface area (Å²) in [6, 6.07) is 16.6. The molecule has 142 valence electrons. The smallest absolute Gasteiger partial charge is 0.313 e. The first-order valence-corrected chi connectivity index (χ1v) is 9.60. The first-order chi connectivity index (χ1) is 13.6. The van der Waals surface area contributed by atoms with Gasteiger partial charge in [0.25, 0.3) is 0 Å². The minimum atomic E-state index is -0.766. The van der Waals surface area contributed by atoms with E-state index in [9.17, 15) is 9.59 Å². The molecule has 5 rings (SSSR count). The molecule has 3 heterocycles. The minimum absolute atomic E-state index is 0.115. The van der Waals surface area contributed by atoms with Crippen LogP contribution < -0.4 is 4.90 Å². The number of hydrogen-bond acceptors (Lipinski definition) is 4. The van der Waals surface area contributed by atoms with Gasteiger partial charge in [0.15, 0.2) is 0 Å². The molecule has 4 atom stereocenters. The molecule has 6 heteroatoms. The van der Waals surface area contributed by atoms with E-state index in [-0.39, 0.29) is 12.5 Å². The largest absolute Gasteiger partial charge is 0.460 e. The van der Waals surface area contributed by atoms with Crippen molar-refractivity contribution in [3.05, 3.63) is 77.3 Å². The lowest BCUT2D eigenvalue weighted by atomic mass is 9.77. The van der Waals surface area contributed by atoms with Gasteiger partial charge in [-0.1, -0.05) is 54.1 Å². The van der Waals surface area contributed by atoms with Gasteiger partial charge >= 0.3 is 5.97 Å². The number of anilines is 1. The lowest BCUT2D eigenvalue weighted by Crippen LogP contribution is -2.40. The second kappa shape index (κ2) is 6.47. The summed E-state index contributed by atoms with van der Waals surface area (Å²) in [7, 11) is 0. The number of hydrogen-bond donors (Lipinski definition) is 0. The monoisotopic (exact) mass is 395 g/mol. The van der Waals surface area contributed by atoms with Crippen molar-refractivity contribution >= 4 is 29.2 Å². The van der Waals surface area contributed by atoms with Gasteiger partial charge in [0.1, 0.15) is 18.1 Å². The van der Waals surface area contributed by atoms with Crippen LogP contribution in [0.15, 0.2) is 66.7 Å². The van der Waals surface area contributed by atoms with Crippen LogP contribution in [0.4, 0.5) is 5.69 Å². The van der Waals surface area contributed by atoms with Crippen LogP contribution in [-0.4, -0.2) is 30.1 Å². The maximum Gasteiger partial charge on any atom is 0.313 e. The zero-order valence-corrected chi connectivity index (χ0v) is 15.7. The van der Waals surface area contributed by atoms with Gasteiger partial charge in [-0.2, -0.15) is 0 Å². The van der Waals surface area contributed by atoms with Gasteiger partial charge in [0.05, 0.1) is 18.6 Å². The lowest BCUT2D eigenvalue weighted by molar-refractivity contribution is -0.153. The number of carbonyl (C=O) groups excluding carboxylic acids is 2. The molecule has 1 amide bonds. The molecule has 0 N–H and O–H groups in total. The van der Waals surface area contributed by atoms with Crippen molar-refractivity contribution in [1.82, 2.24) is 0 Å². The second-order valence-corrected chi connectivity index (χ2v) is 7.83. The molecule has 0 aliphatic carbocycles. The van der Waals surface area contributed by atoms with Crippen LogP contribution in [-0.2, 0) is 25.7 Å². The Morgan fingerprint density at radius 3 is 2.68 bits per heavy atom. The van der Waals surface area contributed by atoms with Crippen LogP contribution in [0.25, 0.3) is 0 Å². The van der Waals surface area contributed by atoms with E-state index in [4.69, 9.17) is 21.1 Å². The molecule has 2 bridgehead atoms. The number of nitrogens with zero attached hydrogens (tertiary/aromatic N) is 1. The van der Waals surface area contributed by atoms with Crippen LogP contribution in [0, 0.1) is 11.8 Å². The van der Waals surface area contributed by atoms with E-state index >= 15 is 0 Å². The summed E-state index contributed by atoms with van der Waals surface area (Å²) in [5.74, 6) is -1.70. The van der Waals surface area contributed by atoms with Crippen molar-refractivity contribution in [1.29, 1.82) is 0 Å². The number of carbonyl (C=O) groups is 2. The Labute approximate surface area is 167 Å². The average Bonchev–Trinajstić information content (AvgIpc) is 3.36. The highest BCUT2D eigenvalue weighted by molar-refractivity contribution is 6.30. The number of rotatable bonds is 4. The fourth-order valence-corrected chi connectivity index (χ4v) is 4.56. The third-order valence-corrected chi connectivity index (χ3v) is 5.99. The Morgan fingerprint density at radius 2 is 1.93 bits per heavy atom. The van der Waals surface area contributed by atoms with Gasteiger partial charge < -0.3 is 14.4 Å². The Bertz CT molecular complexity index is 958. The number of fused-ring (bicyclic) bond motifs is 1. The summed E-state index contributed by atoms with van der Waals surface area (Å²) < 4.78 is 11.6. The Kier molecular flexibility index (Phi) is 4.03. The molecule has 0 radical (unpaired) electrons. The number of benzene rings is 2. The summed E-state index contributed by atoms with van der Waals surface area (Å²) in [5.41, 5.74) is 0.887. The Hall–Kier alpha value is -2.63. The van der Waals surface area contributed by atoms with E-state index in [1.54, 1.807) is 29.2 Å². The lowest BCUT2D eigenvalue weighted by Gasteiger charge is -2.22. The van der Waals surface area contributed by atoms with Gasteiger partial charge in [-0.15, -0.1) is 0 Å². The Balaban J connectivity index is 1.38. The van der Waals surface area contributed by atoms with Gasteiger partial charge in [-0.3, -0.25) is 9.59 Å². The van der Waals surface area contributed by atoms with E-state index in [1.165, 1.54) is 0 Å². The highest BCUT2D eigenvalue weighted by atomic mass is 35.5. The normalized spacial score (nSPS) is 30.0. The van der Waals surface area contributed by atoms with Crippen LogP contribution in [0.5, 0.6) is 0 Å². The van der Waals surface area contributed by atoms with Crippen molar-refractivity contribution in [2.45, 2.75) is 18.3 Å². The van der Waals surface area contributed by atoms with E-state index in [2.05, 4.69) is 0 Å². The summed E-state index contributed by atoms with van der Waals surface area (Å²) in [6.45, 7) is 0.564. The molecule has 2 saturated heterocycles. The zero-order valence-electron chi connectivity index (χ0n) is 15.0. The Morgan fingerprint density at radius 1 is 1.18 bits per heavy atom. The predicted molar refractivity (Wildman–Crippen MR) is 104 cm³/mol. The molecule has 1 spiro atoms. The SMILES string of the molecule is O=C(OCc1ccccc1)[C@H]1[C@H]2C(=O)N(c3ccc(Cl)cc3)C[C@]23C=C[C@H]1O3. The maximum atomic E-state index is 13.2. The number of ether oxygens (including phenoxy) is 2. The summed E-state index contributed by atoms with van der Waals surface area (Å²) in [4.78, 5) is 27.7. The summed E-state index contributed by atoms with van der Waals surface area (Å²) >= 11 is 5.96. The van der Waals surface area contributed by atoms with E-state index < -0.39 is 29.5 Å². The van der Waals surface area contributed by atoms with Gasteiger partial charge in [0.2, 0.25) is 5.91 Å². The molecule has 2 aromatic rings. The quantitative estimate of drug-likeness (QED) is 0.588. The van der Waals surface area contributed by atoms with Crippen LogP contribution in [0.2, 0.25) is 5.02 Å². The van der Waals surface area contributed by atoms with E-state index in [0.29, 0.717) is 11.6 Å². The predicted octanol–water partition coefficient (Wildman–Crippen LogP) is 3.37. The first kappa shape index (κ1) is 17.5. The van der Waals surface area contributed by atoms with E-state index in [0.717, 1.165) is 11.3 Å². The molecule has 2 aromatic carbocycles. The topological polar surface area (TPSA) is 55.8 Å². The second-order valence-electron chi connectivity index (χ2n) is 7.39. The number of halogens is 1. The standard InChI is InChI=1S/C22H18ClNO4/c23-15-6-8-16(9-7-15)24-13-22-11-10-17(28-22)18(19(22)20(24)25)21(26)27-12-14-4-2-1-3-5-14/h1-11,17-19H,12-13H2/t17-,18-,19+,22-/m1/s1. The molecule has 2 fully saturated rings. The molecule has 5 nitrogen and oxygen atoms in total. The molecular weight excluding hydrogens is 378 g/mol. The van der Waals surface area contributed by atoms with Gasteiger partial charge in [0, 0.05) is 10.7 Å². The van der Waals surface area contributed by atoms with Crippen molar-refractivity contribution in [3.63, 3.8) is 0 Å². The molecule has 3 aliphatic heterocycles. The van der Waals surface area contributed by atoms with Crippen LogP contribution in [0.3, 0.4) is 0 Å². The minimum Gasteiger partial charge on any atom is -0.460 e.